The second kappa shape index (κ2) is 5.46. The Kier molecular flexibility index (Phi) is 4.51. The number of hydrogen-bond acceptors (Lipinski definition) is 1. The first-order chi connectivity index (χ1) is 7.48. The van der Waals surface area contributed by atoms with Crippen molar-refractivity contribution in [2.45, 2.75) is 38.1 Å². The fourth-order valence-corrected chi connectivity index (χ4v) is 5.13. The van der Waals surface area contributed by atoms with Gasteiger partial charge in [0.1, 0.15) is 0 Å². The molecule has 2 atom stereocenters. The first kappa shape index (κ1) is 13.2. The van der Waals surface area contributed by atoms with Crippen molar-refractivity contribution in [1.29, 1.82) is 0 Å². The summed E-state index contributed by atoms with van der Waals surface area (Å²) in [5.41, 5.74) is 0.426. The molecule has 1 rings (SSSR count). The Labute approximate surface area is 99.8 Å². The second-order valence-corrected chi connectivity index (χ2v) is 9.78. The van der Waals surface area contributed by atoms with Crippen molar-refractivity contribution in [1.82, 2.24) is 0 Å². The summed E-state index contributed by atoms with van der Waals surface area (Å²) >= 11 is 0. The Morgan fingerprint density at radius 3 is 2.31 bits per heavy atom. The number of hydrogen-bond donors (Lipinski definition) is 1. The molecule has 0 aromatic heterocycles. The summed E-state index contributed by atoms with van der Waals surface area (Å²) in [6.07, 6.45) is 2.59. The molecule has 0 radical (unpaired) electrons. The average Bonchev–Trinajstić information content (AvgIpc) is 2.26. The van der Waals surface area contributed by atoms with Crippen molar-refractivity contribution < 1.29 is 5.11 Å². The van der Waals surface area contributed by atoms with Crippen LogP contribution >= 0.6 is 0 Å². The summed E-state index contributed by atoms with van der Waals surface area (Å²) in [6, 6.07) is 10.6. The Morgan fingerprint density at radius 2 is 1.88 bits per heavy atom. The standard InChI is InChI=1S/C14H22OSi/c1-5-13(11-12(2)15)16(3,4)14-9-7-6-8-10-14/h5-10,12-13,15H,1,11H2,2-4H3. The maximum atomic E-state index is 9.54. The third kappa shape index (κ3) is 3.06. The normalized spacial score (nSPS) is 15.5. The van der Waals surface area contributed by atoms with Gasteiger partial charge in [0.2, 0.25) is 0 Å². The van der Waals surface area contributed by atoms with Gasteiger partial charge in [0, 0.05) is 0 Å². The lowest BCUT2D eigenvalue weighted by atomic mass is 10.2. The fourth-order valence-electron chi connectivity index (χ4n) is 2.13. The summed E-state index contributed by atoms with van der Waals surface area (Å²) < 4.78 is 0. The van der Waals surface area contributed by atoms with E-state index in [2.05, 4.69) is 43.9 Å². The van der Waals surface area contributed by atoms with Gasteiger partial charge in [-0.3, -0.25) is 0 Å². The number of aliphatic hydroxyl groups is 1. The van der Waals surface area contributed by atoms with Crippen LogP contribution in [-0.4, -0.2) is 19.3 Å². The van der Waals surface area contributed by atoms with Crippen LogP contribution in [0.4, 0.5) is 0 Å². The average molecular weight is 234 g/mol. The monoisotopic (exact) mass is 234 g/mol. The molecule has 0 saturated carbocycles. The third-order valence-corrected chi connectivity index (χ3v) is 7.47. The highest BCUT2D eigenvalue weighted by atomic mass is 28.3. The zero-order valence-electron chi connectivity index (χ0n) is 10.5. The van der Waals surface area contributed by atoms with Gasteiger partial charge < -0.3 is 5.11 Å². The van der Waals surface area contributed by atoms with E-state index in [1.165, 1.54) is 5.19 Å². The van der Waals surface area contributed by atoms with E-state index in [0.29, 0.717) is 5.54 Å². The molecule has 0 aliphatic heterocycles. The van der Waals surface area contributed by atoms with Crippen LogP contribution in [0.5, 0.6) is 0 Å². The molecule has 2 heteroatoms. The Morgan fingerprint density at radius 1 is 1.31 bits per heavy atom. The van der Waals surface area contributed by atoms with E-state index in [1.807, 2.05) is 19.1 Å². The lowest BCUT2D eigenvalue weighted by Crippen LogP contribution is -2.46. The smallest absolute Gasteiger partial charge is 0.0874 e. The predicted molar refractivity (Wildman–Crippen MR) is 73.8 cm³/mol. The molecule has 0 saturated heterocycles. The van der Waals surface area contributed by atoms with Gasteiger partial charge in [-0.25, -0.2) is 0 Å². The molecule has 0 aliphatic rings. The second-order valence-electron chi connectivity index (χ2n) is 5.01. The summed E-state index contributed by atoms with van der Waals surface area (Å²) in [7, 11) is -1.55. The van der Waals surface area contributed by atoms with Crippen molar-refractivity contribution in [2.75, 3.05) is 0 Å². The van der Waals surface area contributed by atoms with Crippen molar-refractivity contribution in [3.63, 3.8) is 0 Å². The molecule has 0 spiro atoms. The fraction of sp³-hybridized carbons (Fsp3) is 0.429. The lowest BCUT2D eigenvalue weighted by molar-refractivity contribution is 0.185. The maximum Gasteiger partial charge on any atom is 0.0874 e. The molecule has 1 nitrogen and oxygen atoms in total. The molecule has 1 N–H and O–H groups in total. The molecule has 0 amide bonds. The van der Waals surface area contributed by atoms with E-state index in [4.69, 9.17) is 0 Å². The van der Waals surface area contributed by atoms with Crippen LogP contribution < -0.4 is 5.19 Å². The molecule has 1 aromatic rings. The van der Waals surface area contributed by atoms with Gasteiger partial charge in [0.05, 0.1) is 14.2 Å². The van der Waals surface area contributed by atoms with E-state index >= 15 is 0 Å². The zero-order valence-corrected chi connectivity index (χ0v) is 11.5. The molecule has 0 aliphatic carbocycles. The minimum atomic E-state index is -1.55. The van der Waals surface area contributed by atoms with E-state index in [1.54, 1.807) is 0 Å². The van der Waals surface area contributed by atoms with Crippen LogP contribution in [0.2, 0.25) is 18.6 Å². The van der Waals surface area contributed by atoms with Gasteiger partial charge in [0.25, 0.3) is 0 Å². The van der Waals surface area contributed by atoms with Crippen LogP contribution in [0, 0.1) is 0 Å². The van der Waals surface area contributed by atoms with E-state index in [-0.39, 0.29) is 6.10 Å². The van der Waals surface area contributed by atoms with E-state index in [9.17, 15) is 5.11 Å². The highest BCUT2D eigenvalue weighted by Gasteiger charge is 2.31. The quantitative estimate of drug-likeness (QED) is 0.613. The van der Waals surface area contributed by atoms with Crippen LogP contribution in [0.15, 0.2) is 43.0 Å². The molecule has 0 fully saturated rings. The number of rotatable bonds is 5. The molecule has 16 heavy (non-hydrogen) atoms. The highest BCUT2D eigenvalue weighted by molar-refractivity contribution is 6.91. The largest absolute Gasteiger partial charge is 0.393 e. The van der Waals surface area contributed by atoms with E-state index in [0.717, 1.165) is 6.42 Å². The van der Waals surface area contributed by atoms with Gasteiger partial charge >= 0.3 is 0 Å². The predicted octanol–water partition coefficient (Wildman–Crippen LogP) is 2.93. The summed E-state index contributed by atoms with van der Waals surface area (Å²) in [6.45, 7) is 10.5. The van der Waals surface area contributed by atoms with Gasteiger partial charge in [-0.05, 0) is 18.9 Å². The zero-order chi connectivity index (χ0) is 12.2. The summed E-state index contributed by atoms with van der Waals surface area (Å²) in [5, 5.41) is 11.0. The van der Waals surface area contributed by atoms with Crippen molar-refractivity contribution in [3.05, 3.63) is 43.0 Å². The summed E-state index contributed by atoms with van der Waals surface area (Å²) in [4.78, 5) is 0. The number of allylic oxidation sites excluding steroid dienone is 1. The van der Waals surface area contributed by atoms with Gasteiger partial charge in [-0.1, -0.05) is 54.7 Å². The topological polar surface area (TPSA) is 20.2 Å². The molecule has 1 aromatic carbocycles. The van der Waals surface area contributed by atoms with Crippen LogP contribution in [-0.2, 0) is 0 Å². The van der Waals surface area contributed by atoms with Crippen LogP contribution in [0.25, 0.3) is 0 Å². The van der Waals surface area contributed by atoms with E-state index < -0.39 is 8.07 Å². The third-order valence-electron chi connectivity index (χ3n) is 3.32. The van der Waals surface area contributed by atoms with Crippen molar-refractivity contribution in [3.8, 4) is 0 Å². The van der Waals surface area contributed by atoms with Crippen molar-refractivity contribution >= 4 is 13.3 Å². The molecule has 2 unspecified atom stereocenters. The first-order valence-electron chi connectivity index (χ1n) is 5.84. The lowest BCUT2D eigenvalue weighted by Gasteiger charge is -2.31. The minimum absolute atomic E-state index is 0.251. The number of aliphatic hydroxyl groups excluding tert-OH is 1. The maximum absolute atomic E-state index is 9.54. The number of benzene rings is 1. The SMILES string of the molecule is C=CC(CC(C)O)[Si](C)(C)c1ccccc1. The first-order valence-corrected chi connectivity index (χ1v) is 8.92. The molecule has 0 heterocycles. The Balaban J connectivity index is 2.94. The molecule has 0 bridgehead atoms. The molecular formula is C14H22OSi. The van der Waals surface area contributed by atoms with Crippen LogP contribution in [0.3, 0.4) is 0 Å². The van der Waals surface area contributed by atoms with Gasteiger partial charge in [0.15, 0.2) is 0 Å². The van der Waals surface area contributed by atoms with Crippen molar-refractivity contribution in [2.24, 2.45) is 0 Å². The Bertz CT molecular complexity index is 330. The van der Waals surface area contributed by atoms with Crippen LogP contribution in [0.1, 0.15) is 13.3 Å². The Hall–Kier alpha value is -0.863. The summed E-state index contributed by atoms with van der Waals surface area (Å²) in [5.74, 6) is 0. The molecular weight excluding hydrogens is 212 g/mol. The van der Waals surface area contributed by atoms with Gasteiger partial charge in [-0.15, -0.1) is 6.58 Å². The minimum Gasteiger partial charge on any atom is -0.393 e. The van der Waals surface area contributed by atoms with Gasteiger partial charge in [-0.2, -0.15) is 0 Å². The highest BCUT2D eigenvalue weighted by Crippen LogP contribution is 2.27. The molecule has 88 valence electrons.